The average Bonchev–Trinajstić information content (AvgIpc) is 3.11. The Kier molecular flexibility index (Phi) is 5.20. The minimum Gasteiger partial charge on any atom is -0.478 e. The number of furan rings is 1. The number of fused-ring (bicyclic) bond motifs is 1. The predicted molar refractivity (Wildman–Crippen MR) is 115 cm³/mol. The number of carbonyl (C=O) groups is 2. The first-order valence-electron chi connectivity index (χ1n) is 9.25. The molecule has 1 amide bonds. The summed E-state index contributed by atoms with van der Waals surface area (Å²) in [6.07, 6.45) is 0. The topological polar surface area (TPSA) is 92.4 Å². The molecule has 2 heterocycles. The number of nitrogens with one attached hydrogen (secondary N) is 1. The van der Waals surface area contributed by atoms with Gasteiger partial charge in [-0.3, -0.25) is 4.79 Å². The highest BCUT2D eigenvalue weighted by Gasteiger charge is 2.24. The molecular formula is C23H16ClFN2O4. The molecule has 0 saturated heterocycles. The molecule has 0 radical (unpaired) electrons. The van der Waals surface area contributed by atoms with Gasteiger partial charge in [0.05, 0.1) is 16.5 Å². The van der Waals surface area contributed by atoms with E-state index in [1.165, 1.54) is 43.4 Å². The van der Waals surface area contributed by atoms with Gasteiger partial charge in [-0.15, -0.1) is 0 Å². The summed E-state index contributed by atoms with van der Waals surface area (Å²) >= 11 is 6.41. The van der Waals surface area contributed by atoms with E-state index >= 15 is 0 Å². The molecule has 156 valence electrons. The highest BCUT2D eigenvalue weighted by molar-refractivity contribution is 6.33. The summed E-state index contributed by atoms with van der Waals surface area (Å²) in [6.45, 7) is 1.82. The lowest BCUT2D eigenvalue weighted by Gasteiger charge is -2.09. The third kappa shape index (κ3) is 3.64. The summed E-state index contributed by atoms with van der Waals surface area (Å²) in [5.41, 5.74) is 2.79. The summed E-state index contributed by atoms with van der Waals surface area (Å²) in [5.74, 6) is -1.67. The van der Waals surface area contributed by atoms with Crippen LogP contribution >= 0.6 is 11.6 Å². The minimum absolute atomic E-state index is 0.0981. The van der Waals surface area contributed by atoms with Crippen molar-refractivity contribution in [1.82, 2.24) is 10.3 Å². The van der Waals surface area contributed by atoms with Crippen LogP contribution in [-0.4, -0.2) is 29.0 Å². The standard InChI is InChI=1S/C23H16ClFN2O4/c1-11-3-4-13(23(29)30)9-15(11)16-10-17-18(21(28)26-2)19(31-22(17)27-20(16)24)12-5-7-14(25)8-6-12/h3-10H,1-2H3,(H,26,28)(H,29,30). The van der Waals surface area contributed by atoms with Gasteiger partial charge in [-0.25, -0.2) is 14.2 Å². The van der Waals surface area contributed by atoms with E-state index in [1.54, 1.807) is 12.1 Å². The van der Waals surface area contributed by atoms with Gasteiger partial charge in [0.25, 0.3) is 5.91 Å². The number of aromatic carboxylic acids is 1. The van der Waals surface area contributed by atoms with Gasteiger partial charge in [0.2, 0.25) is 5.71 Å². The number of carbonyl (C=O) groups excluding carboxylic acids is 1. The zero-order valence-electron chi connectivity index (χ0n) is 16.5. The highest BCUT2D eigenvalue weighted by Crippen LogP contribution is 2.38. The van der Waals surface area contributed by atoms with E-state index < -0.39 is 17.7 Å². The maximum atomic E-state index is 13.4. The molecule has 0 unspecified atom stereocenters. The molecule has 8 heteroatoms. The van der Waals surface area contributed by atoms with E-state index in [1.807, 2.05) is 6.92 Å². The maximum absolute atomic E-state index is 13.4. The van der Waals surface area contributed by atoms with E-state index in [9.17, 15) is 19.1 Å². The fourth-order valence-electron chi connectivity index (χ4n) is 3.39. The van der Waals surface area contributed by atoms with Gasteiger partial charge >= 0.3 is 5.97 Å². The Morgan fingerprint density at radius 1 is 1.10 bits per heavy atom. The monoisotopic (exact) mass is 438 g/mol. The molecule has 2 aromatic carbocycles. The lowest BCUT2D eigenvalue weighted by atomic mass is 9.97. The van der Waals surface area contributed by atoms with Crippen LogP contribution < -0.4 is 5.32 Å². The molecule has 0 saturated carbocycles. The summed E-state index contributed by atoms with van der Waals surface area (Å²) < 4.78 is 19.2. The quantitative estimate of drug-likeness (QED) is 0.420. The number of carboxylic acids is 1. The van der Waals surface area contributed by atoms with Crippen LogP contribution in [0.1, 0.15) is 26.3 Å². The highest BCUT2D eigenvalue weighted by atomic mass is 35.5. The first kappa shape index (κ1) is 20.6. The Labute approximate surface area is 181 Å². The van der Waals surface area contributed by atoms with Gasteiger partial charge in [0.1, 0.15) is 16.7 Å². The Bertz CT molecular complexity index is 1350. The summed E-state index contributed by atoms with van der Waals surface area (Å²) in [4.78, 5) is 28.4. The summed E-state index contributed by atoms with van der Waals surface area (Å²) in [5, 5.41) is 12.4. The van der Waals surface area contributed by atoms with Crippen molar-refractivity contribution in [2.75, 3.05) is 7.05 Å². The van der Waals surface area contributed by atoms with Gasteiger partial charge in [0.15, 0.2) is 0 Å². The van der Waals surface area contributed by atoms with Gasteiger partial charge in [0, 0.05) is 18.2 Å². The fourth-order valence-corrected chi connectivity index (χ4v) is 3.62. The molecule has 0 aliphatic carbocycles. The lowest BCUT2D eigenvalue weighted by molar-refractivity contribution is 0.0696. The normalized spacial score (nSPS) is 11.0. The minimum atomic E-state index is -1.07. The smallest absolute Gasteiger partial charge is 0.335 e. The number of aromatic nitrogens is 1. The van der Waals surface area contributed by atoms with Crippen molar-refractivity contribution < 1.29 is 23.5 Å². The molecule has 4 aromatic rings. The number of carboxylic acid groups (broad SMARTS) is 1. The third-order valence-electron chi connectivity index (χ3n) is 4.97. The van der Waals surface area contributed by atoms with Crippen molar-refractivity contribution in [3.63, 3.8) is 0 Å². The van der Waals surface area contributed by atoms with Crippen molar-refractivity contribution in [3.8, 4) is 22.5 Å². The summed E-state index contributed by atoms with van der Waals surface area (Å²) in [7, 11) is 1.49. The molecule has 0 spiro atoms. The van der Waals surface area contributed by atoms with E-state index in [4.69, 9.17) is 16.0 Å². The molecule has 0 bridgehead atoms. The number of benzene rings is 2. The van der Waals surface area contributed by atoms with Crippen molar-refractivity contribution >= 4 is 34.6 Å². The molecule has 0 fully saturated rings. The molecular weight excluding hydrogens is 423 g/mol. The number of nitrogens with zero attached hydrogens (tertiary/aromatic N) is 1. The number of amides is 1. The van der Waals surface area contributed by atoms with E-state index in [0.717, 1.165) is 5.56 Å². The summed E-state index contributed by atoms with van der Waals surface area (Å²) in [6, 6.07) is 11.9. The van der Waals surface area contributed by atoms with E-state index in [2.05, 4.69) is 10.3 Å². The SMILES string of the molecule is CNC(=O)c1c(-c2ccc(F)cc2)oc2nc(Cl)c(-c3cc(C(=O)O)ccc3C)cc12. The lowest BCUT2D eigenvalue weighted by Crippen LogP contribution is -2.18. The Morgan fingerprint density at radius 3 is 2.45 bits per heavy atom. The predicted octanol–water partition coefficient (Wildman–Crippen LogP) is 5.32. The van der Waals surface area contributed by atoms with Gasteiger partial charge < -0.3 is 14.8 Å². The van der Waals surface area contributed by atoms with Crippen LogP contribution in [0.2, 0.25) is 5.15 Å². The van der Waals surface area contributed by atoms with Gasteiger partial charge in [-0.05, 0) is 60.5 Å². The van der Waals surface area contributed by atoms with E-state index in [0.29, 0.717) is 22.1 Å². The first-order chi connectivity index (χ1) is 14.8. The van der Waals surface area contributed by atoms with Crippen LogP contribution in [-0.2, 0) is 0 Å². The van der Waals surface area contributed by atoms with E-state index in [-0.39, 0.29) is 27.8 Å². The van der Waals surface area contributed by atoms with Crippen molar-refractivity contribution in [1.29, 1.82) is 0 Å². The molecule has 31 heavy (non-hydrogen) atoms. The molecule has 4 rings (SSSR count). The van der Waals surface area contributed by atoms with Crippen LogP contribution in [0.4, 0.5) is 4.39 Å². The second kappa shape index (κ2) is 7.85. The Hall–Kier alpha value is -3.71. The average molecular weight is 439 g/mol. The van der Waals surface area contributed by atoms with Crippen molar-refractivity contribution in [2.45, 2.75) is 6.92 Å². The Balaban J connectivity index is 2.00. The number of hydrogen-bond donors (Lipinski definition) is 2. The zero-order valence-corrected chi connectivity index (χ0v) is 17.2. The third-order valence-corrected chi connectivity index (χ3v) is 5.26. The van der Waals surface area contributed by atoms with Crippen molar-refractivity contribution in [2.24, 2.45) is 0 Å². The largest absolute Gasteiger partial charge is 0.478 e. The second-order valence-electron chi connectivity index (χ2n) is 6.91. The van der Waals surface area contributed by atoms with Crippen LogP contribution in [0.5, 0.6) is 0 Å². The van der Waals surface area contributed by atoms with Crippen LogP contribution in [0, 0.1) is 12.7 Å². The van der Waals surface area contributed by atoms with Gasteiger partial charge in [-0.2, -0.15) is 0 Å². The van der Waals surface area contributed by atoms with Crippen LogP contribution in [0.3, 0.4) is 0 Å². The molecule has 0 aliphatic rings. The fraction of sp³-hybridized carbons (Fsp3) is 0.0870. The van der Waals surface area contributed by atoms with Gasteiger partial charge in [-0.1, -0.05) is 17.7 Å². The maximum Gasteiger partial charge on any atom is 0.335 e. The molecule has 6 nitrogen and oxygen atoms in total. The first-order valence-corrected chi connectivity index (χ1v) is 9.63. The number of hydrogen-bond acceptors (Lipinski definition) is 4. The molecule has 0 atom stereocenters. The Morgan fingerprint density at radius 2 is 1.81 bits per heavy atom. The zero-order chi connectivity index (χ0) is 22.3. The number of halogens is 2. The molecule has 0 aliphatic heterocycles. The van der Waals surface area contributed by atoms with Crippen LogP contribution in [0.15, 0.2) is 52.9 Å². The number of aryl methyl sites for hydroxylation is 1. The molecule has 2 aromatic heterocycles. The second-order valence-corrected chi connectivity index (χ2v) is 7.26. The molecule has 2 N–H and O–H groups in total. The van der Waals surface area contributed by atoms with Crippen LogP contribution in [0.25, 0.3) is 33.6 Å². The number of rotatable bonds is 4. The van der Waals surface area contributed by atoms with Crippen molar-refractivity contribution in [3.05, 3.63) is 76.2 Å². The number of pyridine rings is 1.